The zero-order chi connectivity index (χ0) is 20.3. The first-order valence-corrected chi connectivity index (χ1v) is 9.14. The van der Waals surface area contributed by atoms with E-state index in [1.165, 1.54) is 13.2 Å². The molecule has 1 aliphatic heterocycles. The molecule has 0 saturated carbocycles. The summed E-state index contributed by atoms with van der Waals surface area (Å²) in [6.07, 6.45) is 0. The van der Waals surface area contributed by atoms with Crippen molar-refractivity contribution in [2.75, 3.05) is 50.6 Å². The molecule has 3 rings (SSSR count). The van der Waals surface area contributed by atoms with Crippen LogP contribution in [0.25, 0.3) is 0 Å². The highest BCUT2D eigenvalue weighted by Gasteiger charge is 2.25. The van der Waals surface area contributed by atoms with Crippen molar-refractivity contribution in [3.8, 4) is 5.75 Å². The number of likely N-dealkylation sites (N-methyl/N-ethyl adjacent to an activating group) is 1. The number of halogens is 1. The van der Waals surface area contributed by atoms with Crippen LogP contribution >= 0.6 is 11.6 Å². The fourth-order valence-corrected chi connectivity index (χ4v) is 3.32. The summed E-state index contributed by atoms with van der Waals surface area (Å²) in [5.74, 6) is 0.0230. The van der Waals surface area contributed by atoms with Crippen molar-refractivity contribution in [3.63, 3.8) is 0 Å². The number of benzene rings is 2. The SMILES string of the molecule is COc1ccccc1C(=O)Nc1cc(N2CCN(C)CC2)c([N+](=O)[O-])cc1Cl. The molecule has 0 aromatic heterocycles. The minimum Gasteiger partial charge on any atom is -0.496 e. The zero-order valence-corrected chi connectivity index (χ0v) is 16.4. The Bertz CT molecular complexity index is 897. The number of para-hydroxylation sites is 1. The van der Waals surface area contributed by atoms with Gasteiger partial charge in [0.2, 0.25) is 0 Å². The lowest BCUT2D eigenvalue weighted by Gasteiger charge is -2.33. The van der Waals surface area contributed by atoms with Crippen LogP contribution in [-0.2, 0) is 0 Å². The van der Waals surface area contributed by atoms with Crippen molar-refractivity contribution in [2.45, 2.75) is 0 Å². The van der Waals surface area contributed by atoms with E-state index in [9.17, 15) is 14.9 Å². The van der Waals surface area contributed by atoms with Crippen molar-refractivity contribution in [1.82, 2.24) is 4.90 Å². The maximum atomic E-state index is 12.7. The Labute approximate surface area is 167 Å². The quantitative estimate of drug-likeness (QED) is 0.608. The molecule has 148 valence electrons. The van der Waals surface area contributed by atoms with Crippen molar-refractivity contribution >= 4 is 34.6 Å². The highest BCUT2D eigenvalue weighted by atomic mass is 35.5. The minimum atomic E-state index is -0.453. The number of piperazine rings is 1. The van der Waals surface area contributed by atoms with E-state index in [4.69, 9.17) is 16.3 Å². The van der Waals surface area contributed by atoms with Crippen LogP contribution in [0.1, 0.15) is 10.4 Å². The van der Waals surface area contributed by atoms with E-state index in [0.29, 0.717) is 35.8 Å². The highest BCUT2D eigenvalue weighted by Crippen LogP contribution is 2.37. The monoisotopic (exact) mass is 404 g/mol. The summed E-state index contributed by atoms with van der Waals surface area (Å²) in [6, 6.07) is 9.66. The van der Waals surface area contributed by atoms with Gasteiger partial charge in [-0.25, -0.2) is 0 Å². The van der Waals surface area contributed by atoms with Crippen molar-refractivity contribution in [2.24, 2.45) is 0 Å². The smallest absolute Gasteiger partial charge is 0.294 e. The number of carbonyl (C=O) groups is 1. The largest absolute Gasteiger partial charge is 0.496 e. The van der Waals surface area contributed by atoms with Crippen LogP contribution in [0.5, 0.6) is 5.75 Å². The molecule has 8 nitrogen and oxygen atoms in total. The van der Waals surface area contributed by atoms with Crippen LogP contribution in [0, 0.1) is 10.1 Å². The Hall–Kier alpha value is -2.84. The molecule has 0 radical (unpaired) electrons. The van der Waals surface area contributed by atoms with E-state index < -0.39 is 10.8 Å². The zero-order valence-electron chi connectivity index (χ0n) is 15.6. The standard InChI is InChI=1S/C19H21ClN4O4/c1-22-7-9-23(10-8-22)16-12-15(14(20)11-17(16)24(26)27)21-19(25)13-5-3-4-6-18(13)28-2/h3-6,11-12H,7-10H2,1-2H3,(H,21,25). The first kappa shape index (κ1) is 19.9. The lowest BCUT2D eigenvalue weighted by atomic mass is 10.1. The summed E-state index contributed by atoms with van der Waals surface area (Å²) < 4.78 is 5.22. The van der Waals surface area contributed by atoms with Gasteiger partial charge in [0.05, 0.1) is 28.3 Å². The molecular weight excluding hydrogens is 384 g/mol. The van der Waals surface area contributed by atoms with E-state index in [2.05, 4.69) is 10.2 Å². The minimum absolute atomic E-state index is 0.0788. The highest BCUT2D eigenvalue weighted by molar-refractivity contribution is 6.34. The van der Waals surface area contributed by atoms with E-state index in [-0.39, 0.29) is 10.7 Å². The molecule has 1 heterocycles. The molecule has 0 aliphatic carbocycles. The van der Waals surface area contributed by atoms with Gasteiger partial charge >= 0.3 is 0 Å². The molecule has 0 unspecified atom stereocenters. The first-order chi connectivity index (χ1) is 13.4. The fraction of sp³-hybridized carbons (Fsp3) is 0.316. The number of hydrogen-bond acceptors (Lipinski definition) is 6. The third-order valence-corrected chi connectivity index (χ3v) is 5.02. The van der Waals surface area contributed by atoms with Crippen LogP contribution in [0.3, 0.4) is 0 Å². The molecule has 1 aliphatic rings. The van der Waals surface area contributed by atoms with Gasteiger partial charge < -0.3 is 19.9 Å². The average Bonchev–Trinajstić information content (AvgIpc) is 2.69. The number of methoxy groups -OCH3 is 1. The molecule has 0 spiro atoms. The number of carbonyl (C=O) groups excluding carboxylic acids is 1. The predicted molar refractivity (Wildman–Crippen MR) is 109 cm³/mol. The maximum Gasteiger partial charge on any atom is 0.294 e. The van der Waals surface area contributed by atoms with Gasteiger partial charge in [-0.1, -0.05) is 23.7 Å². The van der Waals surface area contributed by atoms with Crippen LogP contribution in [-0.4, -0.2) is 56.1 Å². The molecule has 0 atom stereocenters. The number of amides is 1. The fourth-order valence-electron chi connectivity index (χ4n) is 3.12. The Morgan fingerprint density at radius 2 is 1.89 bits per heavy atom. The summed E-state index contributed by atoms with van der Waals surface area (Å²) >= 11 is 6.24. The normalized spacial score (nSPS) is 14.6. The summed E-state index contributed by atoms with van der Waals surface area (Å²) in [5.41, 5.74) is 1.03. The molecule has 9 heteroatoms. The maximum absolute atomic E-state index is 12.7. The topological polar surface area (TPSA) is 88.0 Å². The number of nitro benzene ring substituents is 1. The molecule has 1 saturated heterocycles. The van der Waals surface area contributed by atoms with E-state index in [1.54, 1.807) is 30.3 Å². The van der Waals surface area contributed by atoms with E-state index >= 15 is 0 Å². The van der Waals surface area contributed by atoms with Gasteiger partial charge in [0, 0.05) is 32.2 Å². The number of nitrogens with zero attached hydrogens (tertiary/aromatic N) is 3. The summed E-state index contributed by atoms with van der Waals surface area (Å²) in [5, 5.41) is 14.4. The van der Waals surface area contributed by atoms with E-state index in [1.807, 2.05) is 11.9 Å². The van der Waals surface area contributed by atoms with E-state index in [0.717, 1.165) is 13.1 Å². The Kier molecular flexibility index (Phi) is 6.01. The van der Waals surface area contributed by atoms with Crippen molar-refractivity contribution < 1.29 is 14.5 Å². The average molecular weight is 405 g/mol. The lowest BCUT2D eigenvalue weighted by Crippen LogP contribution is -2.44. The molecule has 28 heavy (non-hydrogen) atoms. The number of nitrogens with one attached hydrogen (secondary N) is 1. The molecule has 2 aromatic rings. The van der Waals surface area contributed by atoms with Crippen molar-refractivity contribution in [1.29, 1.82) is 0 Å². The van der Waals surface area contributed by atoms with Gasteiger partial charge in [0.1, 0.15) is 11.4 Å². The van der Waals surface area contributed by atoms with Crippen LogP contribution < -0.4 is 15.0 Å². The van der Waals surface area contributed by atoms with Gasteiger partial charge in [-0.2, -0.15) is 0 Å². The number of rotatable bonds is 5. The molecule has 1 fully saturated rings. The Balaban J connectivity index is 1.94. The number of nitro groups is 1. The van der Waals surface area contributed by atoms with Crippen LogP contribution in [0.4, 0.5) is 17.1 Å². The Morgan fingerprint density at radius 3 is 2.54 bits per heavy atom. The summed E-state index contributed by atoms with van der Waals surface area (Å²) in [4.78, 5) is 27.9. The van der Waals surface area contributed by atoms with Crippen LogP contribution in [0.15, 0.2) is 36.4 Å². The summed E-state index contributed by atoms with van der Waals surface area (Å²) in [7, 11) is 3.49. The molecule has 2 aromatic carbocycles. The summed E-state index contributed by atoms with van der Waals surface area (Å²) in [6.45, 7) is 2.89. The van der Waals surface area contributed by atoms with Crippen molar-refractivity contribution in [3.05, 3.63) is 57.1 Å². The lowest BCUT2D eigenvalue weighted by molar-refractivity contribution is -0.384. The molecule has 1 N–H and O–H groups in total. The van der Waals surface area contributed by atoms with Gasteiger partial charge in [0.15, 0.2) is 0 Å². The third-order valence-electron chi connectivity index (χ3n) is 4.70. The third kappa shape index (κ3) is 4.18. The molecule has 0 bridgehead atoms. The van der Waals surface area contributed by atoms with Gasteiger partial charge in [-0.15, -0.1) is 0 Å². The molecule has 1 amide bonds. The Morgan fingerprint density at radius 1 is 1.21 bits per heavy atom. The second kappa shape index (κ2) is 8.45. The predicted octanol–water partition coefficient (Wildman–Crippen LogP) is 3.26. The van der Waals surface area contributed by atoms with Gasteiger partial charge in [0.25, 0.3) is 11.6 Å². The first-order valence-electron chi connectivity index (χ1n) is 8.76. The second-order valence-corrected chi connectivity index (χ2v) is 6.93. The number of hydrogen-bond donors (Lipinski definition) is 1. The molecular formula is C19H21ClN4O4. The number of anilines is 2. The van der Waals surface area contributed by atoms with Gasteiger partial charge in [-0.3, -0.25) is 14.9 Å². The van der Waals surface area contributed by atoms with Crippen LogP contribution in [0.2, 0.25) is 5.02 Å². The second-order valence-electron chi connectivity index (χ2n) is 6.52. The van der Waals surface area contributed by atoms with Gasteiger partial charge in [-0.05, 0) is 25.2 Å². The number of ether oxygens (including phenoxy) is 1.